The molecule has 0 spiro atoms. The zero-order chi connectivity index (χ0) is 15.0. The monoisotopic (exact) mass is 324 g/mol. The number of halogens is 2. The third kappa shape index (κ3) is 2.53. The van der Waals surface area contributed by atoms with Crippen LogP contribution in [-0.2, 0) is 5.41 Å². The first kappa shape index (κ1) is 14.7. The highest BCUT2D eigenvalue weighted by Gasteiger charge is 2.51. The zero-order valence-electron chi connectivity index (χ0n) is 11.1. The lowest BCUT2D eigenvalue weighted by atomic mass is 9.59. The average Bonchev–Trinajstić information content (AvgIpc) is 2.47. The van der Waals surface area contributed by atoms with E-state index in [9.17, 15) is 10.2 Å². The van der Waals surface area contributed by atoms with Crippen LogP contribution < -0.4 is 0 Å². The number of hydrogen-bond donors (Lipinski definition) is 2. The van der Waals surface area contributed by atoms with Crippen molar-refractivity contribution in [2.45, 2.75) is 30.5 Å². The predicted molar refractivity (Wildman–Crippen MR) is 80.4 cm³/mol. The van der Waals surface area contributed by atoms with Crippen LogP contribution in [0, 0.1) is 0 Å². The molecule has 1 fully saturated rings. The van der Waals surface area contributed by atoms with Gasteiger partial charge in [0, 0.05) is 17.8 Å². The quantitative estimate of drug-likeness (QED) is 0.911. The molecule has 110 valence electrons. The second kappa shape index (κ2) is 5.54. The van der Waals surface area contributed by atoms with E-state index in [-0.39, 0.29) is 0 Å². The lowest BCUT2D eigenvalue weighted by Gasteiger charge is -2.48. The topological polar surface area (TPSA) is 66.2 Å². The second-order valence-electron chi connectivity index (χ2n) is 5.36. The molecule has 1 aromatic heterocycles. The van der Waals surface area contributed by atoms with Gasteiger partial charge in [-0.15, -0.1) is 0 Å². The van der Waals surface area contributed by atoms with E-state index in [2.05, 4.69) is 9.97 Å². The standard InChI is InChI=1S/C15H14Cl2N2O2/c16-11-3-2-9(6-12(11)17)15(7-10(20)8-15)13(21)14-18-4-1-5-19-14/h1-6,10,13,20-21H,7-8H2/t10-,13-,15-/m1/s1. The fraction of sp³-hybridized carbons (Fsp3) is 0.333. The molecule has 0 aliphatic heterocycles. The summed E-state index contributed by atoms with van der Waals surface area (Å²) in [5.74, 6) is 0.343. The summed E-state index contributed by atoms with van der Waals surface area (Å²) in [5, 5.41) is 21.3. The van der Waals surface area contributed by atoms with E-state index >= 15 is 0 Å². The predicted octanol–water partition coefficient (Wildman–Crippen LogP) is 2.91. The van der Waals surface area contributed by atoms with Gasteiger partial charge in [0.25, 0.3) is 0 Å². The van der Waals surface area contributed by atoms with Crippen molar-refractivity contribution in [2.75, 3.05) is 0 Å². The third-order valence-corrected chi connectivity index (χ3v) is 4.79. The van der Waals surface area contributed by atoms with Gasteiger partial charge < -0.3 is 10.2 Å². The van der Waals surface area contributed by atoms with E-state index in [1.165, 1.54) is 0 Å². The first-order valence-corrected chi connectivity index (χ1v) is 7.37. The van der Waals surface area contributed by atoms with Crippen LogP contribution in [0.25, 0.3) is 0 Å². The maximum absolute atomic E-state index is 10.7. The SMILES string of the molecule is O[C@H](c1ncccn1)[C@]1(c2ccc(Cl)c(Cl)c2)C[C@@H](O)C1. The first-order chi connectivity index (χ1) is 10.0. The molecule has 1 aromatic carbocycles. The van der Waals surface area contributed by atoms with Gasteiger partial charge in [-0.2, -0.15) is 0 Å². The molecular weight excluding hydrogens is 311 g/mol. The molecule has 3 rings (SSSR count). The average molecular weight is 325 g/mol. The second-order valence-corrected chi connectivity index (χ2v) is 6.17. The Morgan fingerprint density at radius 2 is 1.81 bits per heavy atom. The number of hydrogen-bond acceptors (Lipinski definition) is 4. The molecule has 4 nitrogen and oxygen atoms in total. The highest BCUT2D eigenvalue weighted by molar-refractivity contribution is 6.42. The van der Waals surface area contributed by atoms with Gasteiger partial charge in [-0.25, -0.2) is 9.97 Å². The largest absolute Gasteiger partial charge is 0.393 e. The summed E-state index contributed by atoms with van der Waals surface area (Å²) < 4.78 is 0. The molecule has 0 radical (unpaired) electrons. The fourth-order valence-electron chi connectivity index (χ4n) is 2.90. The molecule has 0 unspecified atom stereocenters. The Hall–Kier alpha value is -1.20. The molecule has 21 heavy (non-hydrogen) atoms. The summed E-state index contributed by atoms with van der Waals surface area (Å²) in [5.41, 5.74) is 0.205. The third-order valence-electron chi connectivity index (χ3n) is 4.05. The number of aliphatic hydroxyl groups excluding tert-OH is 2. The molecule has 1 atom stereocenters. The molecule has 6 heteroatoms. The minimum atomic E-state index is -0.903. The van der Waals surface area contributed by atoms with Gasteiger partial charge in [-0.1, -0.05) is 29.3 Å². The zero-order valence-corrected chi connectivity index (χ0v) is 12.6. The first-order valence-electron chi connectivity index (χ1n) is 6.61. The summed E-state index contributed by atoms with van der Waals surface area (Å²) in [6, 6.07) is 6.95. The van der Waals surface area contributed by atoms with Crippen molar-refractivity contribution in [3.63, 3.8) is 0 Å². The lowest BCUT2D eigenvalue weighted by molar-refractivity contribution is -0.0607. The Labute approximate surface area is 132 Å². The van der Waals surface area contributed by atoms with E-state index in [4.69, 9.17) is 23.2 Å². The molecule has 2 aromatic rings. The minimum Gasteiger partial charge on any atom is -0.393 e. The van der Waals surface area contributed by atoms with E-state index in [0.29, 0.717) is 28.7 Å². The Kier molecular flexibility index (Phi) is 3.88. The summed E-state index contributed by atoms with van der Waals surface area (Å²) in [4.78, 5) is 8.23. The van der Waals surface area contributed by atoms with Crippen LogP contribution in [0.3, 0.4) is 0 Å². The summed E-state index contributed by atoms with van der Waals surface area (Å²) in [6.07, 6.45) is 2.69. The molecule has 0 saturated heterocycles. The molecular formula is C15H14Cl2N2O2. The van der Waals surface area contributed by atoms with Crippen LogP contribution >= 0.6 is 23.2 Å². The Morgan fingerprint density at radius 1 is 1.14 bits per heavy atom. The Bertz CT molecular complexity index is 645. The van der Waals surface area contributed by atoms with E-state index in [0.717, 1.165) is 5.56 Å². The number of rotatable bonds is 3. The maximum atomic E-state index is 10.7. The minimum absolute atomic E-state index is 0.343. The van der Waals surface area contributed by atoms with Gasteiger partial charge >= 0.3 is 0 Å². The van der Waals surface area contributed by atoms with Crippen molar-refractivity contribution < 1.29 is 10.2 Å². The number of aromatic nitrogens is 2. The van der Waals surface area contributed by atoms with Crippen molar-refractivity contribution in [3.8, 4) is 0 Å². The van der Waals surface area contributed by atoms with Crippen LogP contribution in [0.5, 0.6) is 0 Å². The van der Waals surface area contributed by atoms with Crippen LogP contribution in [0.2, 0.25) is 10.0 Å². The van der Waals surface area contributed by atoms with Crippen LogP contribution in [0.4, 0.5) is 0 Å². The van der Waals surface area contributed by atoms with Crippen LogP contribution in [0.1, 0.15) is 30.3 Å². The van der Waals surface area contributed by atoms with Crippen molar-refractivity contribution in [1.82, 2.24) is 9.97 Å². The molecule has 1 aliphatic rings. The van der Waals surface area contributed by atoms with Crippen molar-refractivity contribution in [3.05, 3.63) is 58.1 Å². The van der Waals surface area contributed by atoms with E-state index in [1.54, 1.807) is 30.6 Å². The molecule has 1 heterocycles. The summed E-state index contributed by atoms with van der Waals surface area (Å²) in [7, 11) is 0. The van der Waals surface area contributed by atoms with Crippen LogP contribution in [-0.4, -0.2) is 26.3 Å². The molecule has 2 N–H and O–H groups in total. The highest BCUT2D eigenvalue weighted by Crippen LogP contribution is 2.52. The van der Waals surface area contributed by atoms with Gasteiger partial charge in [0.1, 0.15) is 6.10 Å². The van der Waals surface area contributed by atoms with Gasteiger partial charge in [-0.3, -0.25) is 0 Å². The number of aliphatic hydroxyl groups is 2. The van der Waals surface area contributed by atoms with Crippen molar-refractivity contribution >= 4 is 23.2 Å². The normalized spacial score (nSPS) is 26.2. The Balaban J connectivity index is 2.02. The Morgan fingerprint density at radius 3 is 2.38 bits per heavy atom. The van der Waals surface area contributed by atoms with Gasteiger partial charge in [-0.05, 0) is 36.6 Å². The maximum Gasteiger partial charge on any atom is 0.157 e. The van der Waals surface area contributed by atoms with Gasteiger partial charge in [0.2, 0.25) is 0 Å². The van der Waals surface area contributed by atoms with Gasteiger partial charge in [0.05, 0.1) is 16.1 Å². The highest BCUT2D eigenvalue weighted by atomic mass is 35.5. The van der Waals surface area contributed by atoms with Crippen molar-refractivity contribution in [2.24, 2.45) is 0 Å². The summed E-state index contributed by atoms with van der Waals surface area (Å²) in [6.45, 7) is 0. The smallest absolute Gasteiger partial charge is 0.157 e. The number of benzene rings is 1. The van der Waals surface area contributed by atoms with Crippen LogP contribution in [0.15, 0.2) is 36.7 Å². The fourth-order valence-corrected chi connectivity index (χ4v) is 3.20. The van der Waals surface area contributed by atoms with Gasteiger partial charge in [0.15, 0.2) is 5.82 Å². The summed E-state index contributed by atoms with van der Waals surface area (Å²) >= 11 is 12.0. The lowest BCUT2D eigenvalue weighted by Crippen LogP contribution is -2.49. The van der Waals surface area contributed by atoms with Crippen molar-refractivity contribution in [1.29, 1.82) is 0 Å². The molecule has 0 bridgehead atoms. The van der Waals surface area contributed by atoms with E-state index in [1.807, 2.05) is 6.07 Å². The molecule has 1 saturated carbocycles. The molecule has 0 amide bonds. The number of nitrogens with zero attached hydrogens (tertiary/aromatic N) is 2. The van der Waals surface area contributed by atoms with E-state index < -0.39 is 17.6 Å². The molecule has 1 aliphatic carbocycles.